The van der Waals surface area contributed by atoms with Gasteiger partial charge in [-0.15, -0.1) is 11.3 Å². The Kier molecular flexibility index (Phi) is 11.3. The first kappa shape index (κ1) is 32.6. The number of ether oxygens (including phenoxy) is 3. The molecule has 12 heteroatoms. The summed E-state index contributed by atoms with van der Waals surface area (Å²) in [6.07, 6.45) is 0.386. The molecule has 11 nitrogen and oxygen atoms in total. The fourth-order valence-electron chi connectivity index (χ4n) is 5.36. The second-order valence-corrected chi connectivity index (χ2v) is 12.1. The van der Waals surface area contributed by atoms with Crippen molar-refractivity contribution in [2.24, 2.45) is 5.92 Å². The molecule has 2 unspecified atom stereocenters. The van der Waals surface area contributed by atoms with Crippen LogP contribution < -0.4 is 10.1 Å². The normalized spacial score (nSPS) is 18.3. The predicted octanol–water partition coefficient (Wildman–Crippen LogP) is 4.46. The van der Waals surface area contributed by atoms with Gasteiger partial charge in [-0.1, -0.05) is 38.1 Å². The number of benzene rings is 1. The Bertz CT molecular complexity index is 1340. The summed E-state index contributed by atoms with van der Waals surface area (Å²) in [5, 5.41) is 17.5. The van der Waals surface area contributed by atoms with Crippen LogP contribution in [0.15, 0.2) is 40.4 Å². The average molecular weight is 615 g/mol. The van der Waals surface area contributed by atoms with Crippen LogP contribution >= 0.6 is 11.3 Å². The van der Waals surface area contributed by atoms with E-state index in [1.165, 1.54) is 4.90 Å². The van der Waals surface area contributed by atoms with E-state index in [4.69, 9.17) is 18.7 Å². The van der Waals surface area contributed by atoms with Crippen LogP contribution in [0.25, 0.3) is 10.4 Å². The SMILES string of the molecule is COC(CCCOc1cc(C(C(=O)N2C[C@H](O)C[C@H]2C(=O)NC(C)c2ccc(-c3scnc3C)cc2)C(C)C)on1)OC. The van der Waals surface area contributed by atoms with Gasteiger partial charge in [0.2, 0.25) is 11.8 Å². The minimum absolute atomic E-state index is 0.0646. The van der Waals surface area contributed by atoms with Crippen molar-refractivity contribution in [2.45, 2.75) is 77.4 Å². The number of carbonyl (C=O) groups is 2. The summed E-state index contributed by atoms with van der Waals surface area (Å²) in [7, 11) is 3.17. The first-order chi connectivity index (χ1) is 20.6. The van der Waals surface area contributed by atoms with Gasteiger partial charge in [0.05, 0.1) is 34.8 Å². The number of nitrogens with one attached hydrogen (secondary N) is 1. The number of amides is 2. The highest BCUT2D eigenvalue weighted by Crippen LogP contribution is 2.33. The Balaban J connectivity index is 1.40. The van der Waals surface area contributed by atoms with Crippen LogP contribution in [-0.2, 0) is 19.1 Å². The molecular formula is C31H42N4O7S. The Morgan fingerprint density at radius 2 is 1.91 bits per heavy atom. The number of nitrogens with zero attached hydrogens (tertiary/aromatic N) is 3. The van der Waals surface area contributed by atoms with Crippen molar-refractivity contribution < 1.29 is 33.4 Å². The number of methoxy groups -OCH3 is 2. The van der Waals surface area contributed by atoms with E-state index in [0.29, 0.717) is 25.2 Å². The smallest absolute Gasteiger partial charge is 0.254 e. The molecular weight excluding hydrogens is 572 g/mol. The maximum Gasteiger partial charge on any atom is 0.254 e. The number of likely N-dealkylation sites (tertiary alicyclic amines) is 1. The summed E-state index contributed by atoms with van der Waals surface area (Å²) >= 11 is 1.59. The van der Waals surface area contributed by atoms with Gasteiger partial charge in [-0.3, -0.25) is 9.59 Å². The van der Waals surface area contributed by atoms with Gasteiger partial charge in [0.1, 0.15) is 12.0 Å². The number of rotatable bonds is 14. The Hall–Kier alpha value is -3.32. The molecule has 1 aromatic carbocycles. The topological polar surface area (TPSA) is 136 Å². The molecule has 2 N–H and O–H groups in total. The van der Waals surface area contributed by atoms with Gasteiger partial charge in [-0.2, -0.15) is 0 Å². The zero-order valence-corrected chi connectivity index (χ0v) is 26.4. The van der Waals surface area contributed by atoms with Crippen molar-refractivity contribution >= 4 is 23.2 Å². The van der Waals surface area contributed by atoms with Crippen LogP contribution in [0, 0.1) is 12.8 Å². The Morgan fingerprint density at radius 3 is 2.53 bits per heavy atom. The number of aromatic nitrogens is 2. The highest BCUT2D eigenvalue weighted by Gasteiger charge is 2.43. The monoisotopic (exact) mass is 614 g/mol. The summed E-state index contributed by atoms with van der Waals surface area (Å²) in [4.78, 5) is 34.2. The fourth-order valence-corrected chi connectivity index (χ4v) is 6.17. The van der Waals surface area contributed by atoms with Crippen molar-refractivity contribution in [3.05, 3.63) is 52.9 Å². The van der Waals surface area contributed by atoms with Crippen molar-refractivity contribution in [1.29, 1.82) is 0 Å². The first-order valence-corrected chi connectivity index (χ1v) is 15.4. The summed E-state index contributed by atoms with van der Waals surface area (Å²) in [5.41, 5.74) is 4.82. The molecule has 43 heavy (non-hydrogen) atoms. The highest BCUT2D eigenvalue weighted by molar-refractivity contribution is 7.13. The van der Waals surface area contributed by atoms with Gasteiger partial charge in [-0.05, 0) is 42.5 Å². The third-order valence-corrected chi connectivity index (χ3v) is 8.73. The first-order valence-electron chi connectivity index (χ1n) is 14.6. The van der Waals surface area contributed by atoms with Gasteiger partial charge in [-0.25, -0.2) is 4.98 Å². The van der Waals surface area contributed by atoms with E-state index in [2.05, 4.69) is 15.5 Å². The van der Waals surface area contributed by atoms with E-state index in [-0.39, 0.29) is 48.9 Å². The predicted molar refractivity (Wildman–Crippen MR) is 162 cm³/mol. The molecule has 1 saturated heterocycles. The third-order valence-electron chi connectivity index (χ3n) is 7.75. The number of aliphatic hydroxyl groups is 1. The average Bonchev–Trinajstić information content (AvgIpc) is 3.73. The summed E-state index contributed by atoms with van der Waals surface area (Å²) in [6, 6.07) is 8.52. The molecule has 2 aromatic heterocycles. The molecule has 0 saturated carbocycles. The van der Waals surface area contributed by atoms with Crippen LogP contribution in [0.1, 0.15) is 69.0 Å². The lowest BCUT2D eigenvalue weighted by molar-refractivity contribution is -0.141. The molecule has 3 heterocycles. The van der Waals surface area contributed by atoms with E-state index in [0.717, 1.165) is 21.7 Å². The number of aliphatic hydroxyl groups excluding tert-OH is 1. The molecule has 0 aliphatic carbocycles. The number of aryl methyl sites for hydroxylation is 1. The Labute approximate surface area is 256 Å². The molecule has 0 spiro atoms. The largest absolute Gasteiger partial charge is 0.476 e. The zero-order chi connectivity index (χ0) is 31.1. The second-order valence-electron chi connectivity index (χ2n) is 11.2. The van der Waals surface area contributed by atoms with Crippen molar-refractivity contribution in [3.8, 4) is 16.3 Å². The van der Waals surface area contributed by atoms with Crippen LogP contribution in [-0.4, -0.2) is 77.8 Å². The van der Waals surface area contributed by atoms with Crippen LogP contribution in [0.5, 0.6) is 5.88 Å². The van der Waals surface area contributed by atoms with Crippen LogP contribution in [0.4, 0.5) is 0 Å². The quantitative estimate of drug-likeness (QED) is 0.199. The third kappa shape index (κ3) is 7.99. The minimum atomic E-state index is -0.807. The number of carbonyl (C=O) groups excluding carboxylic acids is 2. The summed E-state index contributed by atoms with van der Waals surface area (Å²) < 4.78 is 21.6. The number of hydrogen-bond donors (Lipinski definition) is 2. The van der Waals surface area contributed by atoms with E-state index < -0.39 is 18.1 Å². The molecule has 4 rings (SSSR count). The van der Waals surface area contributed by atoms with Crippen LogP contribution in [0.3, 0.4) is 0 Å². The second kappa shape index (κ2) is 14.9. The number of β-amino-alcohol motifs (C(OH)–C–C–N with tert-alkyl or cyclic N) is 1. The molecule has 0 radical (unpaired) electrons. The number of hydrogen-bond acceptors (Lipinski definition) is 10. The molecule has 234 valence electrons. The molecule has 1 fully saturated rings. The molecule has 0 bridgehead atoms. The molecule has 2 amide bonds. The van der Waals surface area contributed by atoms with Crippen molar-refractivity contribution in [3.63, 3.8) is 0 Å². The van der Waals surface area contributed by atoms with E-state index in [1.54, 1.807) is 31.6 Å². The van der Waals surface area contributed by atoms with E-state index >= 15 is 0 Å². The lowest BCUT2D eigenvalue weighted by Gasteiger charge is -2.29. The van der Waals surface area contributed by atoms with Gasteiger partial charge in [0.25, 0.3) is 5.88 Å². The molecule has 4 atom stereocenters. The maximum absolute atomic E-state index is 13.9. The van der Waals surface area contributed by atoms with E-state index in [1.807, 2.05) is 57.5 Å². The minimum Gasteiger partial charge on any atom is -0.476 e. The summed E-state index contributed by atoms with van der Waals surface area (Å²) in [6.45, 7) is 8.13. The lowest BCUT2D eigenvalue weighted by atomic mass is 9.91. The van der Waals surface area contributed by atoms with E-state index in [9.17, 15) is 14.7 Å². The van der Waals surface area contributed by atoms with Gasteiger partial charge in [0.15, 0.2) is 12.1 Å². The van der Waals surface area contributed by atoms with Crippen LogP contribution in [0.2, 0.25) is 0 Å². The van der Waals surface area contributed by atoms with Crippen molar-refractivity contribution in [2.75, 3.05) is 27.4 Å². The Morgan fingerprint density at radius 1 is 1.19 bits per heavy atom. The zero-order valence-electron chi connectivity index (χ0n) is 25.6. The molecule has 1 aliphatic heterocycles. The lowest BCUT2D eigenvalue weighted by Crippen LogP contribution is -2.48. The molecule has 1 aliphatic rings. The number of thiazole rings is 1. The standard InChI is InChI=1S/C31H42N4O7S/c1-18(2)28(25-15-26(34-42-25)41-13-7-8-27(39-5)40-6)31(38)35-16-23(36)14-24(35)30(37)33-19(3)21-9-11-22(12-10-21)29-20(4)32-17-43-29/h9-12,15,17-19,23-24,27-28,36H,7-8,13-14,16H2,1-6H3,(H,33,37)/t19?,23-,24+,28?/m1/s1. The van der Waals surface area contributed by atoms with Gasteiger partial charge < -0.3 is 34.1 Å². The fraction of sp³-hybridized carbons (Fsp3) is 0.548. The highest BCUT2D eigenvalue weighted by atomic mass is 32.1. The maximum atomic E-state index is 13.9. The van der Waals surface area contributed by atoms with Gasteiger partial charge in [0, 0.05) is 39.7 Å². The molecule has 3 aromatic rings. The van der Waals surface area contributed by atoms with Crippen molar-refractivity contribution in [1.82, 2.24) is 20.4 Å². The van der Waals surface area contributed by atoms with Gasteiger partial charge >= 0.3 is 0 Å². The summed E-state index contributed by atoms with van der Waals surface area (Å²) in [5.74, 6) is -0.827.